The molecule has 0 saturated carbocycles. The van der Waals surface area contributed by atoms with Gasteiger partial charge in [0.25, 0.3) is 0 Å². The molecule has 1 fully saturated rings. The van der Waals surface area contributed by atoms with Crippen LogP contribution in [0.2, 0.25) is 0 Å². The molecule has 30 heavy (non-hydrogen) atoms. The Bertz CT molecular complexity index is 1110. The van der Waals surface area contributed by atoms with Gasteiger partial charge in [0, 0.05) is 37.3 Å². The van der Waals surface area contributed by atoms with Crippen LogP contribution in [0.1, 0.15) is 29.9 Å². The van der Waals surface area contributed by atoms with Gasteiger partial charge < -0.3 is 4.52 Å². The van der Waals surface area contributed by atoms with E-state index in [0.717, 1.165) is 24.0 Å². The van der Waals surface area contributed by atoms with Crippen molar-refractivity contribution in [3.63, 3.8) is 0 Å². The van der Waals surface area contributed by atoms with Crippen LogP contribution in [0.15, 0.2) is 52.8 Å². The number of hydrogen-bond donors (Lipinski definition) is 0. The second-order valence-electron chi connectivity index (χ2n) is 7.43. The second-order valence-corrected chi connectivity index (χ2v) is 9.25. The first-order chi connectivity index (χ1) is 14.5. The molecule has 1 aliphatic rings. The van der Waals surface area contributed by atoms with Gasteiger partial charge in [-0.2, -0.15) is 9.29 Å². The fourth-order valence-corrected chi connectivity index (χ4v) is 4.76. The molecule has 0 bridgehead atoms. The molecule has 1 atom stereocenters. The summed E-state index contributed by atoms with van der Waals surface area (Å²) in [4.78, 5) is 12.5. The number of aryl methyl sites for hydroxylation is 1. The third-order valence-electron chi connectivity index (χ3n) is 5.08. The number of hydrogen-bond acceptors (Lipinski definition) is 7. The van der Waals surface area contributed by atoms with Crippen molar-refractivity contribution in [2.45, 2.75) is 26.2 Å². The van der Waals surface area contributed by atoms with Crippen LogP contribution in [0.4, 0.5) is 0 Å². The molecule has 156 valence electrons. The van der Waals surface area contributed by atoms with E-state index >= 15 is 0 Å². The summed E-state index contributed by atoms with van der Waals surface area (Å²) in [5.74, 6) is 0.992. The molecule has 3 aromatic rings. The summed E-state index contributed by atoms with van der Waals surface area (Å²) in [6, 6.07) is 7.74. The molecule has 1 aromatic carbocycles. The molecule has 0 aliphatic carbocycles. The quantitative estimate of drug-likeness (QED) is 0.598. The highest BCUT2D eigenvalue weighted by atomic mass is 32.2. The SMILES string of the molecule is Cc1ccc(/C=C/S(=O)(=O)N2CCC[C@H](Cc3nc(-c4cnccn4)no3)C2)cc1. The molecule has 3 heterocycles. The first-order valence-corrected chi connectivity index (χ1v) is 11.3. The zero-order valence-electron chi connectivity index (χ0n) is 16.7. The molecule has 0 N–H and O–H groups in total. The van der Waals surface area contributed by atoms with Crippen LogP contribution < -0.4 is 0 Å². The molecular weight excluding hydrogens is 402 g/mol. The fourth-order valence-electron chi connectivity index (χ4n) is 3.46. The van der Waals surface area contributed by atoms with Gasteiger partial charge >= 0.3 is 0 Å². The molecule has 1 saturated heterocycles. The van der Waals surface area contributed by atoms with Crippen LogP contribution in [0, 0.1) is 12.8 Å². The van der Waals surface area contributed by atoms with Crippen molar-refractivity contribution in [2.24, 2.45) is 5.92 Å². The predicted octanol–water partition coefficient (Wildman–Crippen LogP) is 3.09. The van der Waals surface area contributed by atoms with Crippen molar-refractivity contribution in [3.8, 4) is 11.5 Å². The Morgan fingerprint density at radius 3 is 2.83 bits per heavy atom. The van der Waals surface area contributed by atoms with E-state index in [2.05, 4.69) is 20.1 Å². The Morgan fingerprint density at radius 2 is 2.07 bits per heavy atom. The van der Waals surface area contributed by atoms with Gasteiger partial charge in [-0.05, 0) is 37.3 Å². The van der Waals surface area contributed by atoms with E-state index < -0.39 is 10.0 Å². The highest BCUT2D eigenvalue weighted by Crippen LogP contribution is 2.24. The van der Waals surface area contributed by atoms with E-state index in [4.69, 9.17) is 4.52 Å². The minimum Gasteiger partial charge on any atom is -0.339 e. The van der Waals surface area contributed by atoms with Crippen LogP contribution in [-0.4, -0.2) is 45.9 Å². The number of aromatic nitrogens is 4. The van der Waals surface area contributed by atoms with Crippen molar-refractivity contribution >= 4 is 16.1 Å². The maximum Gasteiger partial charge on any atom is 0.236 e. The second kappa shape index (κ2) is 8.85. The van der Waals surface area contributed by atoms with Gasteiger partial charge in [-0.3, -0.25) is 4.98 Å². The molecule has 0 radical (unpaired) electrons. The predicted molar refractivity (Wildman–Crippen MR) is 112 cm³/mol. The number of sulfonamides is 1. The zero-order valence-corrected chi connectivity index (χ0v) is 17.5. The lowest BCUT2D eigenvalue weighted by molar-refractivity contribution is 0.248. The summed E-state index contributed by atoms with van der Waals surface area (Å²) in [5, 5.41) is 5.25. The van der Waals surface area contributed by atoms with Crippen molar-refractivity contribution in [3.05, 3.63) is 65.3 Å². The normalized spacial score (nSPS) is 18.1. The van der Waals surface area contributed by atoms with Crippen LogP contribution in [0.25, 0.3) is 17.6 Å². The Morgan fingerprint density at radius 1 is 1.23 bits per heavy atom. The van der Waals surface area contributed by atoms with E-state index in [9.17, 15) is 8.42 Å². The van der Waals surface area contributed by atoms with Gasteiger partial charge in [0.2, 0.25) is 21.7 Å². The largest absolute Gasteiger partial charge is 0.339 e. The van der Waals surface area contributed by atoms with Gasteiger partial charge in [-0.1, -0.05) is 35.0 Å². The van der Waals surface area contributed by atoms with E-state index in [1.807, 2.05) is 31.2 Å². The fraction of sp³-hybridized carbons (Fsp3) is 0.333. The molecule has 2 aromatic heterocycles. The molecule has 0 spiro atoms. The number of piperidine rings is 1. The van der Waals surface area contributed by atoms with Crippen LogP contribution in [0.3, 0.4) is 0 Å². The van der Waals surface area contributed by atoms with Crippen LogP contribution in [0.5, 0.6) is 0 Å². The van der Waals surface area contributed by atoms with Crippen molar-refractivity contribution in [1.82, 2.24) is 24.4 Å². The molecule has 0 amide bonds. The Labute approximate surface area is 175 Å². The van der Waals surface area contributed by atoms with Gasteiger partial charge in [0.05, 0.1) is 6.20 Å². The summed E-state index contributed by atoms with van der Waals surface area (Å²) < 4.78 is 32.5. The summed E-state index contributed by atoms with van der Waals surface area (Å²) in [7, 11) is -3.49. The van der Waals surface area contributed by atoms with E-state index in [1.165, 1.54) is 9.71 Å². The number of benzene rings is 1. The Balaban J connectivity index is 1.40. The standard InChI is InChI=1S/C21H23N5O3S/c1-16-4-6-17(7-5-16)8-12-30(27,28)26-11-2-3-18(15-26)13-20-24-21(25-29-20)19-14-22-9-10-23-19/h4-10,12,14,18H,2-3,11,13,15H2,1H3/b12-8+/t18-/m1/s1. The average Bonchev–Trinajstić information content (AvgIpc) is 3.23. The van der Waals surface area contributed by atoms with E-state index in [1.54, 1.807) is 24.7 Å². The number of rotatable bonds is 6. The van der Waals surface area contributed by atoms with Gasteiger partial charge in [-0.25, -0.2) is 13.4 Å². The minimum atomic E-state index is -3.49. The first-order valence-electron chi connectivity index (χ1n) is 9.83. The van der Waals surface area contributed by atoms with Crippen LogP contribution >= 0.6 is 0 Å². The first kappa shape index (κ1) is 20.4. The Hall–Kier alpha value is -2.91. The summed E-state index contributed by atoms with van der Waals surface area (Å²) in [5.41, 5.74) is 2.54. The monoisotopic (exact) mass is 425 g/mol. The molecule has 1 aliphatic heterocycles. The zero-order chi connectivity index (χ0) is 21.0. The number of nitrogens with zero attached hydrogens (tertiary/aromatic N) is 5. The Kier molecular flexibility index (Phi) is 6.01. The average molecular weight is 426 g/mol. The third kappa shape index (κ3) is 4.98. The lowest BCUT2D eigenvalue weighted by Crippen LogP contribution is -2.39. The van der Waals surface area contributed by atoms with Gasteiger partial charge in [-0.15, -0.1) is 0 Å². The summed E-state index contributed by atoms with van der Waals surface area (Å²) in [6.45, 7) is 2.95. The van der Waals surface area contributed by atoms with E-state index in [-0.39, 0.29) is 5.92 Å². The maximum atomic E-state index is 12.8. The van der Waals surface area contributed by atoms with Crippen LogP contribution in [-0.2, 0) is 16.4 Å². The minimum absolute atomic E-state index is 0.122. The molecular formula is C21H23N5O3S. The van der Waals surface area contributed by atoms with Gasteiger partial charge in [0.15, 0.2) is 0 Å². The van der Waals surface area contributed by atoms with Gasteiger partial charge in [0.1, 0.15) is 5.69 Å². The molecule has 0 unspecified atom stereocenters. The molecule has 4 rings (SSSR count). The van der Waals surface area contributed by atoms with Crippen molar-refractivity contribution in [2.75, 3.05) is 13.1 Å². The third-order valence-corrected chi connectivity index (χ3v) is 6.61. The smallest absolute Gasteiger partial charge is 0.236 e. The highest BCUT2D eigenvalue weighted by Gasteiger charge is 2.28. The highest BCUT2D eigenvalue weighted by molar-refractivity contribution is 7.92. The van der Waals surface area contributed by atoms with Crippen molar-refractivity contribution < 1.29 is 12.9 Å². The van der Waals surface area contributed by atoms with E-state index in [0.29, 0.717) is 36.9 Å². The maximum absolute atomic E-state index is 12.8. The topological polar surface area (TPSA) is 102 Å². The lowest BCUT2D eigenvalue weighted by Gasteiger charge is -2.30. The molecule has 9 heteroatoms. The summed E-state index contributed by atoms with van der Waals surface area (Å²) in [6.07, 6.45) is 8.60. The van der Waals surface area contributed by atoms with Crippen molar-refractivity contribution in [1.29, 1.82) is 0 Å². The summed E-state index contributed by atoms with van der Waals surface area (Å²) >= 11 is 0. The lowest BCUT2D eigenvalue weighted by atomic mass is 9.96. The molecule has 8 nitrogen and oxygen atoms in total.